The Morgan fingerprint density at radius 2 is 2.00 bits per heavy atom. The summed E-state index contributed by atoms with van der Waals surface area (Å²) in [5.41, 5.74) is -1.23. The molecule has 0 spiro atoms. The van der Waals surface area contributed by atoms with Gasteiger partial charge in [-0.2, -0.15) is 0 Å². The van der Waals surface area contributed by atoms with Gasteiger partial charge < -0.3 is 14.7 Å². The average molecular weight is 331 g/mol. The van der Waals surface area contributed by atoms with E-state index >= 15 is 0 Å². The Morgan fingerprint density at radius 3 is 2.67 bits per heavy atom. The summed E-state index contributed by atoms with van der Waals surface area (Å²) in [5.74, 6) is 0.0419. The van der Waals surface area contributed by atoms with Gasteiger partial charge >= 0.3 is 5.69 Å². The molecule has 2 heterocycles. The molecule has 1 fully saturated rings. The van der Waals surface area contributed by atoms with Crippen LogP contribution >= 0.6 is 0 Å². The number of H-pyrrole nitrogens is 1. The zero-order valence-electron chi connectivity index (χ0n) is 13.4. The van der Waals surface area contributed by atoms with Gasteiger partial charge in [0.1, 0.15) is 11.3 Å². The Labute approximate surface area is 138 Å². The molecule has 2 aromatic heterocycles. The van der Waals surface area contributed by atoms with Gasteiger partial charge in [0.15, 0.2) is 0 Å². The van der Waals surface area contributed by atoms with Crippen LogP contribution in [0, 0.1) is 0 Å². The third kappa shape index (κ3) is 3.67. The van der Waals surface area contributed by atoms with Crippen molar-refractivity contribution >= 4 is 5.91 Å². The molecule has 2 N–H and O–H groups in total. The molecule has 7 nitrogen and oxygen atoms in total. The molecule has 0 radical (unpaired) electrons. The summed E-state index contributed by atoms with van der Waals surface area (Å²) in [6.07, 6.45) is 9.04. The van der Waals surface area contributed by atoms with E-state index in [1.54, 1.807) is 12.1 Å². The lowest BCUT2D eigenvalue weighted by Crippen LogP contribution is -2.43. The third-order valence-corrected chi connectivity index (χ3v) is 4.39. The molecule has 1 aliphatic carbocycles. The van der Waals surface area contributed by atoms with Crippen molar-refractivity contribution in [2.75, 3.05) is 0 Å². The summed E-state index contributed by atoms with van der Waals surface area (Å²) in [6, 6.07) is 3.44. The summed E-state index contributed by atoms with van der Waals surface area (Å²) in [4.78, 5) is 39.3. The number of rotatable bonds is 4. The molecule has 1 amide bonds. The average Bonchev–Trinajstić information content (AvgIpc) is 2.94. The topological polar surface area (TPSA) is 97.1 Å². The maximum Gasteiger partial charge on any atom is 0.328 e. The van der Waals surface area contributed by atoms with E-state index in [0.29, 0.717) is 5.76 Å². The van der Waals surface area contributed by atoms with Gasteiger partial charge in [-0.3, -0.25) is 14.2 Å². The van der Waals surface area contributed by atoms with E-state index in [9.17, 15) is 14.4 Å². The molecular weight excluding hydrogens is 310 g/mol. The molecule has 2 aromatic rings. The molecule has 1 saturated carbocycles. The number of carbonyl (C=O) groups excluding carboxylic acids is 1. The Bertz CT molecular complexity index is 796. The predicted molar refractivity (Wildman–Crippen MR) is 88.1 cm³/mol. The van der Waals surface area contributed by atoms with Crippen molar-refractivity contribution in [3.63, 3.8) is 0 Å². The van der Waals surface area contributed by atoms with Crippen molar-refractivity contribution in [3.8, 4) is 0 Å². The summed E-state index contributed by atoms with van der Waals surface area (Å²) in [6.45, 7) is -0.00822. The summed E-state index contributed by atoms with van der Waals surface area (Å²) < 4.78 is 6.14. The molecule has 7 heteroatoms. The Hall–Kier alpha value is -2.57. The maximum atomic E-state index is 12.5. The van der Waals surface area contributed by atoms with Gasteiger partial charge in [-0.25, -0.2) is 4.79 Å². The molecule has 128 valence electrons. The number of amides is 1. The highest BCUT2D eigenvalue weighted by Crippen LogP contribution is 2.17. The number of hydrogen-bond donors (Lipinski definition) is 2. The third-order valence-electron chi connectivity index (χ3n) is 4.39. The van der Waals surface area contributed by atoms with Crippen LogP contribution < -0.4 is 16.6 Å². The number of aromatic amines is 1. The highest BCUT2D eigenvalue weighted by atomic mass is 16.3. The zero-order valence-corrected chi connectivity index (χ0v) is 13.4. The fraction of sp³-hybridized carbons (Fsp3) is 0.471. The molecule has 0 unspecified atom stereocenters. The van der Waals surface area contributed by atoms with Gasteiger partial charge in [0.25, 0.3) is 11.5 Å². The van der Waals surface area contributed by atoms with E-state index < -0.39 is 17.2 Å². The van der Waals surface area contributed by atoms with E-state index in [0.717, 1.165) is 30.3 Å². The van der Waals surface area contributed by atoms with Crippen LogP contribution in [0.5, 0.6) is 0 Å². The predicted octanol–water partition coefficient (Wildman–Crippen LogP) is 1.63. The highest BCUT2D eigenvalue weighted by molar-refractivity contribution is 5.93. The first-order chi connectivity index (χ1) is 11.6. The Kier molecular flexibility index (Phi) is 4.98. The van der Waals surface area contributed by atoms with E-state index in [-0.39, 0.29) is 18.2 Å². The SMILES string of the molecule is O=C(NC1CCCCCC1)c1c[nH]c(=O)n(Cc2ccco2)c1=O. The molecule has 3 rings (SSSR count). The molecule has 24 heavy (non-hydrogen) atoms. The standard InChI is InChI=1S/C17H21N3O4/c21-15(19-12-6-3-1-2-4-7-12)14-10-18-17(23)20(16(14)22)11-13-8-5-9-24-13/h5,8-10,12H,1-4,6-7,11H2,(H,18,23)(H,19,21). The number of aromatic nitrogens is 2. The largest absolute Gasteiger partial charge is 0.467 e. The van der Waals surface area contributed by atoms with Crippen LogP contribution in [-0.4, -0.2) is 21.5 Å². The number of hydrogen-bond acceptors (Lipinski definition) is 4. The molecule has 0 aliphatic heterocycles. The van der Waals surface area contributed by atoms with Crippen molar-refractivity contribution in [2.24, 2.45) is 0 Å². The molecular formula is C17H21N3O4. The molecule has 0 saturated heterocycles. The second kappa shape index (κ2) is 7.33. The van der Waals surface area contributed by atoms with Crippen LogP contribution in [0.15, 0.2) is 38.6 Å². The number of nitrogens with one attached hydrogen (secondary N) is 2. The smallest absolute Gasteiger partial charge is 0.328 e. The highest BCUT2D eigenvalue weighted by Gasteiger charge is 2.19. The molecule has 0 bridgehead atoms. The second-order valence-electron chi connectivity index (χ2n) is 6.14. The monoisotopic (exact) mass is 331 g/mol. The number of carbonyl (C=O) groups is 1. The van der Waals surface area contributed by atoms with Gasteiger partial charge in [-0.1, -0.05) is 25.7 Å². The first-order valence-corrected chi connectivity index (χ1v) is 8.31. The minimum atomic E-state index is -0.610. The lowest BCUT2D eigenvalue weighted by Gasteiger charge is -2.16. The molecule has 0 aromatic carbocycles. The van der Waals surface area contributed by atoms with Crippen molar-refractivity contribution in [3.05, 3.63) is 56.8 Å². The normalized spacial score (nSPS) is 15.8. The van der Waals surface area contributed by atoms with Crippen LogP contribution in [0.4, 0.5) is 0 Å². The van der Waals surface area contributed by atoms with E-state index in [4.69, 9.17) is 4.42 Å². The van der Waals surface area contributed by atoms with Crippen LogP contribution in [0.25, 0.3) is 0 Å². The molecule has 1 aliphatic rings. The van der Waals surface area contributed by atoms with Crippen molar-refractivity contribution < 1.29 is 9.21 Å². The lowest BCUT2D eigenvalue weighted by atomic mass is 10.1. The first-order valence-electron chi connectivity index (χ1n) is 8.31. The van der Waals surface area contributed by atoms with Gasteiger partial charge in [-0.15, -0.1) is 0 Å². The first kappa shape index (κ1) is 16.3. The summed E-state index contributed by atoms with van der Waals surface area (Å²) in [7, 11) is 0. The fourth-order valence-electron chi connectivity index (χ4n) is 3.06. The number of furan rings is 1. The fourth-order valence-corrected chi connectivity index (χ4v) is 3.06. The Morgan fingerprint density at radius 1 is 1.25 bits per heavy atom. The minimum Gasteiger partial charge on any atom is -0.467 e. The van der Waals surface area contributed by atoms with Crippen LogP contribution in [0.1, 0.15) is 54.6 Å². The maximum absolute atomic E-state index is 12.5. The van der Waals surface area contributed by atoms with Gasteiger partial charge in [0, 0.05) is 12.2 Å². The van der Waals surface area contributed by atoms with E-state index in [1.807, 2.05) is 0 Å². The molecule has 0 atom stereocenters. The van der Waals surface area contributed by atoms with Crippen LogP contribution in [-0.2, 0) is 6.54 Å². The minimum absolute atomic E-state index is 0.00822. The summed E-state index contributed by atoms with van der Waals surface area (Å²) in [5, 5.41) is 2.92. The zero-order chi connectivity index (χ0) is 16.9. The van der Waals surface area contributed by atoms with Gasteiger partial charge in [0.05, 0.1) is 12.8 Å². The van der Waals surface area contributed by atoms with Crippen molar-refractivity contribution in [1.82, 2.24) is 14.9 Å². The lowest BCUT2D eigenvalue weighted by molar-refractivity contribution is 0.0930. The second-order valence-corrected chi connectivity index (χ2v) is 6.14. The van der Waals surface area contributed by atoms with Crippen molar-refractivity contribution in [2.45, 2.75) is 51.1 Å². The summed E-state index contributed by atoms with van der Waals surface area (Å²) >= 11 is 0. The van der Waals surface area contributed by atoms with Crippen LogP contribution in [0.2, 0.25) is 0 Å². The van der Waals surface area contributed by atoms with Crippen LogP contribution in [0.3, 0.4) is 0 Å². The van der Waals surface area contributed by atoms with E-state index in [1.165, 1.54) is 25.3 Å². The van der Waals surface area contributed by atoms with Gasteiger partial charge in [0.2, 0.25) is 0 Å². The Balaban J connectivity index is 1.81. The van der Waals surface area contributed by atoms with Crippen molar-refractivity contribution in [1.29, 1.82) is 0 Å². The quantitative estimate of drug-likeness (QED) is 0.832. The number of nitrogens with zero attached hydrogens (tertiary/aromatic N) is 1. The van der Waals surface area contributed by atoms with E-state index in [2.05, 4.69) is 10.3 Å². The van der Waals surface area contributed by atoms with Gasteiger partial charge in [-0.05, 0) is 25.0 Å².